The van der Waals surface area contributed by atoms with Gasteiger partial charge >= 0.3 is 5.97 Å². The van der Waals surface area contributed by atoms with E-state index in [2.05, 4.69) is 38.5 Å². The van der Waals surface area contributed by atoms with E-state index < -0.39 is 66.1 Å². The van der Waals surface area contributed by atoms with Gasteiger partial charge in [0, 0.05) is 30.5 Å². The minimum absolute atomic E-state index is 0.0382. The van der Waals surface area contributed by atoms with Crippen molar-refractivity contribution in [1.82, 2.24) is 25.9 Å². The zero-order chi connectivity index (χ0) is 25.8. The van der Waals surface area contributed by atoms with E-state index in [-0.39, 0.29) is 25.0 Å². The summed E-state index contributed by atoms with van der Waals surface area (Å²) in [5.74, 6) is -5.75. The van der Waals surface area contributed by atoms with E-state index in [1.807, 2.05) is 0 Å². The van der Waals surface area contributed by atoms with Crippen LogP contribution in [0.25, 0.3) is 0 Å². The number of nitrogens with one attached hydrogen (secondary N) is 4. The Kier molecular flexibility index (Phi) is 11.5. The fourth-order valence-corrected chi connectivity index (χ4v) is 2.85. The summed E-state index contributed by atoms with van der Waals surface area (Å²) in [6.45, 7) is 0. The molecular weight excluding hydrogens is 472 g/mol. The van der Waals surface area contributed by atoms with Gasteiger partial charge in [0.1, 0.15) is 18.1 Å². The minimum Gasteiger partial charge on any atom is -0.480 e. The van der Waals surface area contributed by atoms with Crippen molar-refractivity contribution in [3.8, 4) is 0 Å². The predicted molar refractivity (Wildman–Crippen MR) is 120 cm³/mol. The molecule has 0 aliphatic rings. The van der Waals surface area contributed by atoms with Gasteiger partial charge in [-0.05, 0) is 6.42 Å². The van der Waals surface area contributed by atoms with Crippen LogP contribution in [0.4, 0.5) is 0 Å². The Labute approximate surface area is 199 Å². The molecule has 0 saturated heterocycles. The van der Waals surface area contributed by atoms with Gasteiger partial charge in [0.15, 0.2) is 0 Å². The van der Waals surface area contributed by atoms with Crippen LogP contribution in [0.15, 0.2) is 12.5 Å². The number of carboxylic acid groups (broad SMARTS) is 1. The van der Waals surface area contributed by atoms with E-state index in [4.69, 9.17) is 17.2 Å². The number of aliphatic carboxylic acids is 1. The van der Waals surface area contributed by atoms with Crippen molar-refractivity contribution in [2.75, 3.05) is 5.75 Å². The lowest BCUT2D eigenvalue weighted by Gasteiger charge is -2.24. The number of aromatic nitrogens is 2. The van der Waals surface area contributed by atoms with Gasteiger partial charge in [-0.1, -0.05) is 0 Å². The molecule has 5 amide bonds. The molecule has 1 heterocycles. The summed E-state index contributed by atoms with van der Waals surface area (Å²) in [5, 5.41) is 16.2. The minimum atomic E-state index is -1.46. The largest absolute Gasteiger partial charge is 0.480 e. The molecule has 0 fully saturated rings. The number of imidazole rings is 1. The van der Waals surface area contributed by atoms with Gasteiger partial charge in [-0.15, -0.1) is 0 Å². The quantitative estimate of drug-likeness (QED) is 0.106. The third-order valence-corrected chi connectivity index (χ3v) is 4.87. The number of rotatable bonds is 15. The first-order chi connectivity index (χ1) is 15.9. The van der Waals surface area contributed by atoms with Gasteiger partial charge in [-0.2, -0.15) is 12.6 Å². The molecule has 11 N–H and O–H groups in total. The van der Waals surface area contributed by atoms with Crippen LogP contribution >= 0.6 is 12.6 Å². The summed E-state index contributed by atoms with van der Waals surface area (Å²) in [4.78, 5) is 78.2. The Balaban J connectivity index is 3.06. The smallest absolute Gasteiger partial charge is 0.326 e. The normalized spacial score (nSPS) is 14.2. The zero-order valence-corrected chi connectivity index (χ0v) is 18.9. The second kappa shape index (κ2) is 13.8. The highest BCUT2D eigenvalue weighted by Gasteiger charge is 2.31. The maximum Gasteiger partial charge on any atom is 0.326 e. The third-order valence-electron chi connectivity index (χ3n) is 4.48. The number of carbonyl (C=O) groups excluding carboxylic acids is 5. The molecule has 4 atom stereocenters. The number of H-pyrrole nitrogens is 1. The monoisotopic (exact) mass is 500 g/mol. The van der Waals surface area contributed by atoms with Gasteiger partial charge in [0.25, 0.3) is 0 Å². The molecule has 34 heavy (non-hydrogen) atoms. The molecule has 0 aliphatic carbocycles. The van der Waals surface area contributed by atoms with Crippen LogP contribution in [0.1, 0.15) is 25.0 Å². The van der Waals surface area contributed by atoms with Crippen LogP contribution in [0, 0.1) is 0 Å². The van der Waals surface area contributed by atoms with Crippen LogP contribution in [-0.4, -0.2) is 80.5 Å². The van der Waals surface area contributed by atoms with Crippen molar-refractivity contribution < 1.29 is 33.9 Å². The molecule has 16 heteroatoms. The molecule has 0 aromatic carbocycles. The number of carboxylic acids is 1. The summed E-state index contributed by atoms with van der Waals surface area (Å²) >= 11 is 3.89. The second-order valence-corrected chi connectivity index (χ2v) is 7.63. The molecule has 0 saturated carbocycles. The fraction of sp³-hybridized carbons (Fsp3) is 0.500. The van der Waals surface area contributed by atoms with Gasteiger partial charge in [-0.3, -0.25) is 24.0 Å². The number of hydrogen-bond acceptors (Lipinski definition) is 9. The van der Waals surface area contributed by atoms with E-state index in [0.29, 0.717) is 5.69 Å². The van der Waals surface area contributed by atoms with E-state index in [9.17, 15) is 33.9 Å². The average Bonchev–Trinajstić information content (AvgIpc) is 3.27. The maximum absolute atomic E-state index is 12.8. The summed E-state index contributed by atoms with van der Waals surface area (Å²) in [6.07, 6.45) is 1.39. The molecule has 0 radical (unpaired) electrons. The Morgan fingerprint density at radius 3 is 2.06 bits per heavy atom. The molecule has 0 aliphatic heterocycles. The van der Waals surface area contributed by atoms with Gasteiger partial charge in [-0.25, -0.2) is 9.78 Å². The van der Waals surface area contributed by atoms with Crippen molar-refractivity contribution in [2.24, 2.45) is 17.2 Å². The Morgan fingerprint density at radius 2 is 1.56 bits per heavy atom. The molecule has 4 unspecified atom stereocenters. The highest BCUT2D eigenvalue weighted by atomic mass is 32.1. The van der Waals surface area contributed by atoms with Crippen LogP contribution in [0.3, 0.4) is 0 Å². The second-order valence-electron chi connectivity index (χ2n) is 7.27. The third kappa shape index (κ3) is 9.86. The number of primary amides is 2. The lowest BCUT2D eigenvalue weighted by molar-refractivity contribution is -0.142. The molecule has 1 aromatic heterocycles. The van der Waals surface area contributed by atoms with Crippen LogP contribution in [-0.2, 0) is 35.2 Å². The first-order valence-corrected chi connectivity index (χ1v) is 10.6. The maximum atomic E-state index is 12.8. The summed E-state index contributed by atoms with van der Waals surface area (Å²) in [7, 11) is 0. The van der Waals surface area contributed by atoms with E-state index >= 15 is 0 Å². The number of nitrogens with two attached hydrogens (primary N) is 3. The Hall–Kier alpha value is -3.66. The summed E-state index contributed by atoms with van der Waals surface area (Å²) < 4.78 is 0. The molecule has 188 valence electrons. The summed E-state index contributed by atoms with van der Waals surface area (Å²) in [6, 6.07) is -5.35. The van der Waals surface area contributed by atoms with Gasteiger partial charge < -0.3 is 43.2 Å². The lowest BCUT2D eigenvalue weighted by Crippen LogP contribution is -2.58. The van der Waals surface area contributed by atoms with Crippen molar-refractivity contribution in [2.45, 2.75) is 49.9 Å². The molecule has 1 aromatic rings. The first-order valence-electron chi connectivity index (χ1n) is 9.98. The SMILES string of the molecule is NC(=O)CCC(NC(=O)C(Cc1cnc[nH]1)NC(=O)C(CC(N)=O)NC(=O)C(N)CS)C(=O)O. The molecule has 1 rings (SSSR count). The first kappa shape index (κ1) is 28.4. The number of amides is 5. The van der Waals surface area contributed by atoms with Crippen LogP contribution in [0.5, 0.6) is 0 Å². The fourth-order valence-electron chi connectivity index (χ4n) is 2.69. The van der Waals surface area contributed by atoms with E-state index in [1.165, 1.54) is 12.5 Å². The highest BCUT2D eigenvalue weighted by molar-refractivity contribution is 7.80. The van der Waals surface area contributed by atoms with E-state index in [0.717, 1.165) is 0 Å². The number of hydrogen-bond donors (Lipinski definition) is 9. The molecule has 0 spiro atoms. The van der Waals surface area contributed by atoms with Crippen LogP contribution < -0.4 is 33.2 Å². The van der Waals surface area contributed by atoms with Gasteiger partial charge in [0.2, 0.25) is 29.5 Å². The van der Waals surface area contributed by atoms with E-state index in [1.54, 1.807) is 0 Å². The topological polar surface area (TPSA) is 265 Å². The van der Waals surface area contributed by atoms with Gasteiger partial charge in [0.05, 0.1) is 18.8 Å². The number of nitrogens with zero attached hydrogens (tertiary/aromatic N) is 1. The standard InChI is InChI=1S/C18H28N8O7S/c19-9(6-34)15(29)25-12(4-14(21)28)17(31)26-11(3-8-5-22-7-23-8)16(30)24-10(18(32)33)1-2-13(20)27/h5,7,9-12,34H,1-4,6,19H2,(H2,20,27)(H2,21,28)(H,22,23)(H,24,30)(H,25,29)(H,26,31)(H,32,33). The highest BCUT2D eigenvalue weighted by Crippen LogP contribution is 2.04. The van der Waals surface area contributed by atoms with Crippen molar-refractivity contribution in [3.63, 3.8) is 0 Å². The Bertz CT molecular complexity index is 895. The predicted octanol–water partition coefficient (Wildman–Crippen LogP) is -4.11. The Morgan fingerprint density at radius 1 is 0.971 bits per heavy atom. The lowest BCUT2D eigenvalue weighted by atomic mass is 10.1. The summed E-state index contributed by atoms with van der Waals surface area (Å²) in [5.41, 5.74) is 16.2. The number of aromatic amines is 1. The number of carbonyl (C=O) groups is 6. The molecular formula is C18H28N8O7S. The molecule has 0 bridgehead atoms. The number of thiol groups is 1. The average molecular weight is 501 g/mol. The van der Waals surface area contributed by atoms with Crippen molar-refractivity contribution in [1.29, 1.82) is 0 Å². The zero-order valence-electron chi connectivity index (χ0n) is 18.0. The van der Waals surface area contributed by atoms with Crippen molar-refractivity contribution >= 4 is 48.1 Å². The van der Waals surface area contributed by atoms with Crippen molar-refractivity contribution in [3.05, 3.63) is 18.2 Å². The molecule has 15 nitrogen and oxygen atoms in total. The van der Waals surface area contributed by atoms with Crippen LogP contribution in [0.2, 0.25) is 0 Å².